The summed E-state index contributed by atoms with van der Waals surface area (Å²) in [6.45, 7) is 3.05. The van der Waals surface area contributed by atoms with E-state index in [1.807, 2.05) is 6.92 Å². The monoisotopic (exact) mass is 366 g/mol. The van der Waals surface area contributed by atoms with Crippen molar-refractivity contribution < 1.29 is 22.4 Å². The summed E-state index contributed by atoms with van der Waals surface area (Å²) in [4.78, 5) is 11.9. The van der Waals surface area contributed by atoms with Gasteiger partial charge in [-0.15, -0.1) is 0 Å². The maximum atomic E-state index is 12.1. The molecule has 3 N–H and O–H groups in total. The number of furan rings is 1. The van der Waals surface area contributed by atoms with E-state index < -0.39 is 21.5 Å². The summed E-state index contributed by atoms with van der Waals surface area (Å²) in [5, 5.41) is 7.85. The van der Waals surface area contributed by atoms with Gasteiger partial charge in [-0.3, -0.25) is 4.79 Å². The van der Waals surface area contributed by atoms with Crippen LogP contribution < -0.4 is 10.5 Å². The van der Waals surface area contributed by atoms with Gasteiger partial charge in [0.1, 0.15) is 4.90 Å². The first-order valence-corrected chi connectivity index (χ1v) is 8.28. The molecule has 1 aliphatic rings. The zero-order valence-corrected chi connectivity index (χ0v) is 13.2. The second-order valence-corrected chi connectivity index (χ2v) is 7.17. The Bertz CT molecular complexity index is 619. The van der Waals surface area contributed by atoms with Gasteiger partial charge >= 0.3 is 0 Å². The van der Waals surface area contributed by atoms with Gasteiger partial charge in [0, 0.05) is 24.8 Å². The highest BCUT2D eigenvalue weighted by Crippen LogP contribution is 2.26. The number of ether oxygens (including phenoxy) is 1. The smallest absolute Gasteiger partial charge is 0.287 e. The van der Waals surface area contributed by atoms with Gasteiger partial charge in [0.05, 0.1) is 0 Å². The standard InChI is InChI=1S/C11H15BrN2O5S/c1-11(2-4-18-5-3-11)14-10(15)7-6-8(9(12)19-7)20(13,16)17/h6H,2-5H2,1H3,(H,14,15)(H2,13,16,17). The summed E-state index contributed by atoms with van der Waals surface area (Å²) in [5.74, 6) is -0.585. The molecule has 1 saturated heterocycles. The van der Waals surface area contributed by atoms with Crippen LogP contribution in [0.5, 0.6) is 0 Å². The number of halogens is 1. The van der Waals surface area contributed by atoms with Gasteiger partial charge < -0.3 is 14.5 Å². The number of hydrogen-bond acceptors (Lipinski definition) is 5. The lowest BCUT2D eigenvalue weighted by molar-refractivity contribution is 0.0414. The Hall–Kier alpha value is -0.900. The topological polar surface area (TPSA) is 112 Å². The predicted molar refractivity (Wildman–Crippen MR) is 73.7 cm³/mol. The highest BCUT2D eigenvalue weighted by Gasteiger charge is 2.31. The third kappa shape index (κ3) is 3.40. The number of carbonyl (C=O) groups is 1. The van der Waals surface area contributed by atoms with Gasteiger partial charge in [-0.2, -0.15) is 0 Å². The third-order valence-electron chi connectivity index (χ3n) is 3.20. The van der Waals surface area contributed by atoms with Gasteiger partial charge in [-0.25, -0.2) is 13.6 Å². The van der Waals surface area contributed by atoms with Crippen LogP contribution in [0, 0.1) is 0 Å². The Morgan fingerprint density at radius 3 is 2.55 bits per heavy atom. The molecule has 0 spiro atoms. The molecule has 1 amide bonds. The minimum Gasteiger partial charge on any atom is -0.443 e. The quantitative estimate of drug-likeness (QED) is 0.828. The molecule has 9 heteroatoms. The average molecular weight is 367 g/mol. The van der Waals surface area contributed by atoms with Crippen molar-refractivity contribution in [2.75, 3.05) is 13.2 Å². The van der Waals surface area contributed by atoms with Crippen LogP contribution in [0.15, 0.2) is 20.0 Å². The van der Waals surface area contributed by atoms with E-state index in [2.05, 4.69) is 21.2 Å². The predicted octanol–water partition coefficient (Wildman–Crippen LogP) is 0.988. The first-order valence-electron chi connectivity index (χ1n) is 5.94. The minimum absolute atomic E-state index is 0.0812. The molecule has 0 aromatic carbocycles. The highest BCUT2D eigenvalue weighted by molar-refractivity contribution is 9.10. The number of rotatable bonds is 3. The summed E-state index contributed by atoms with van der Waals surface area (Å²) < 4.78 is 32.8. The number of hydrogen-bond donors (Lipinski definition) is 2. The zero-order valence-electron chi connectivity index (χ0n) is 10.8. The average Bonchev–Trinajstić information content (AvgIpc) is 2.71. The summed E-state index contributed by atoms with van der Waals surface area (Å²) in [5.41, 5.74) is -0.393. The Labute approximate surface area is 125 Å². The van der Waals surface area contributed by atoms with Crippen LogP contribution in [-0.4, -0.2) is 33.1 Å². The van der Waals surface area contributed by atoms with Crippen LogP contribution in [0.2, 0.25) is 0 Å². The Morgan fingerprint density at radius 2 is 2.05 bits per heavy atom. The van der Waals surface area contributed by atoms with Crippen LogP contribution in [0.25, 0.3) is 0 Å². The Kier molecular flexibility index (Phi) is 4.24. The molecule has 1 aromatic heterocycles. The molecule has 0 bridgehead atoms. The van der Waals surface area contributed by atoms with Crippen molar-refractivity contribution in [1.82, 2.24) is 5.32 Å². The number of nitrogens with one attached hydrogen (secondary N) is 1. The first-order chi connectivity index (χ1) is 9.21. The van der Waals surface area contributed by atoms with Crippen LogP contribution in [0.4, 0.5) is 0 Å². The molecule has 0 radical (unpaired) electrons. The fourth-order valence-corrected chi connectivity index (χ4v) is 3.44. The van der Waals surface area contributed by atoms with E-state index in [1.54, 1.807) is 0 Å². The van der Waals surface area contributed by atoms with Crippen LogP contribution in [0.3, 0.4) is 0 Å². The van der Waals surface area contributed by atoms with E-state index in [4.69, 9.17) is 14.3 Å². The minimum atomic E-state index is -3.94. The van der Waals surface area contributed by atoms with E-state index in [0.29, 0.717) is 26.1 Å². The largest absolute Gasteiger partial charge is 0.443 e. The molecule has 112 valence electrons. The van der Waals surface area contributed by atoms with Gasteiger partial charge in [-0.1, -0.05) is 0 Å². The van der Waals surface area contributed by atoms with Crippen LogP contribution in [0.1, 0.15) is 30.3 Å². The van der Waals surface area contributed by atoms with E-state index in [9.17, 15) is 13.2 Å². The Balaban J connectivity index is 2.18. The van der Waals surface area contributed by atoms with E-state index >= 15 is 0 Å². The van der Waals surface area contributed by atoms with Crippen molar-refractivity contribution >= 4 is 31.9 Å². The maximum Gasteiger partial charge on any atom is 0.287 e. The SMILES string of the molecule is CC1(NC(=O)c2cc(S(N)(=O)=O)c(Br)o2)CCOCC1. The molecule has 0 aliphatic carbocycles. The number of carbonyl (C=O) groups excluding carboxylic acids is 1. The molecule has 1 aromatic rings. The summed E-state index contributed by atoms with van der Waals surface area (Å²) in [6.07, 6.45) is 1.37. The Morgan fingerprint density at radius 1 is 1.45 bits per heavy atom. The number of nitrogens with two attached hydrogens (primary N) is 1. The molecule has 2 rings (SSSR count). The van der Waals surface area contributed by atoms with Crippen molar-refractivity contribution in [2.24, 2.45) is 5.14 Å². The van der Waals surface area contributed by atoms with Gasteiger partial charge in [0.25, 0.3) is 5.91 Å². The molecule has 2 heterocycles. The fourth-order valence-electron chi connectivity index (χ4n) is 1.94. The molecule has 0 saturated carbocycles. The molecule has 1 fully saturated rings. The second kappa shape index (κ2) is 5.47. The summed E-state index contributed by atoms with van der Waals surface area (Å²) in [6, 6.07) is 1.11. The van der Waals surface area contributed by atoms with E-state index in [1.165, 1.54) is 0 Å². The number of amides is 1. The number of sulfonamides is 1. The second-order valence-electron chi connectivity index (χ2n) is 4.92. The van der Waals surface area contributed by atoms with Crippen LogP contribution >= 0.6 is 15.9 Å². The van der Waals surface area contributed by atoms with Gasteiger partial charge in [-0.05, 0) is 35.7 Å². The summed E-state index contributed by atoms with van der Waals surface area (Å²) >= 11 is 2.93. The number of primary sulfonamides is 1. The van der Waals surface area contributed by atoms with Gasteiger partial charge in [0.15, 0.2) is 10.4 Å². The molecule has 7 nitrogen and oxygen atoms in total. The lowest BCUT2D eigenvalue weighted by Crippen LogP contribution is -2.49. The van der Waals surface area contributed by atoms with Crippen molar-refractivity contribution in [3.8, 4) is 0 Å². The fraction of sp³-hybridized carbons (Fsp3) is 0.545. The highest BCUT2D eigenvalue weighted by atomic mass is 79.9. The van der Waals surface area contributed by atoms with E-state index in [0.717, 1.165) is 6.07 Å². The van der Waals surface area contributed by atoms with Crippen molar-refractivity contribution in [1.29, 1.82) is 0 Å². The summed E-state index contributed by atoms with van der Waals surface area (Å²) in [7, 11) is -3.94. The first kappa shape index (κ1) is 15.5. The van der Waals surface area contributed by atoms with Crippen molar-refractivity contribution in [2.45, 2.75) is 30.2 Å². The maximum absolute atomic E-state index is 12.1. The normalized spacial score (nSPS) is 18.8. The van der Waals surface area contributed by atoms with Crippen molar-refractivity contribution in [3.05, 3.63) is 16.5 Å². The lowest BCUT2D eigenvalue weighted by Gasteiger charge is -2.34. The van der Waals surface area contributed by atoms with Crippen LogP contribution in [-0.2, 0) is 14.8 Å². The molecular formula is C11H15BrN2O5S. The lowest BCUT2D eigenvalue weighted by atomic mass is 9.92. The molecule has 20 heavy (non-hydrogen) atoms. The molecular weight excluding hydrogens is 352 g/mol. The molecule has 0 unspecified atom stereocenters. The molecule has 1 aliphatic heterocycles. The van der Waals surface area contributed by atoms with E-state index in [-0.39, 0.29) is 15.3 Å². The van der Waals surface area contributed by atoms with Gasteiger partial charge in [0.2, 0.25) is 10.0 Å². The van der Waals surface area contributed by atoms with Crippen molar-refractivity contribution in [3.63, 3.8) is 0 Å². The third-order valence-corrected chi connectivity index (χ3v) is 4.97. The zero-order chi connectivity index (χ0) is 15.0. The molecule has 0 atom stereocenters.